The summed E-state index contributed by atoms with van der Waals surface area (Å²) in [5, 5.41) is 8.97. The summed E-state index contributed by atoms with van der Waals surface area (Å²) in [5.74, 6) is 0. The molecule has 0 amide bonds. The molecular weight excluding hydrogens is 138 g/mol. The van der Waals surface area contributed by atoms with Gasteiger partial charge >= 0.3 is 0 Å². The second-order valence-corrected chi connectivity index (χ2v) is 2.16. The van der Waals surface area contributed by atoms with Gasteiger partial charge in [-0.15, -0.1) is 12.4 Å². The Kier molecular flexibility index (Phi) is 3.86. The van der Waals surface area contributed by atoms with Gasteiger partial charge in [-0.05, 0) is 12.8 Å². The maximum atomic E-state index is 8.97. The molecule has 1 aliphatic rings. The van der Waals surface area contributed by atoms with Gasteiger partial charge in [0.05, 0.1) is 6.10 Å². The Morgan fingerprint density at radius 1 is 1.56 bits per heavy atom. The predicted molar refractivity (Wildman–Crippen MR) is 39.6 cm³/mol. The van der Waals surface area contributed by atoms with Crippen molar-refractivity contribution in [3.8, 4) is 0 Å². The van der Waals surface area contributed by atoms with Gasteiger partial charge in [0, 0.05) is 6.04 Å². The molecule has 0 heterocycles. The van der Waals surface area contributed by atoms with Gasteiger partial charge in [-0.2, -0.15) is 0 Å². The molecule has 0 radical (unpaired) electrons. The molecule has 0 fully saturated rings. The largest absolute Gasteiger partial charge is 0.387 e. The van der Waals surface area contributed by atoms with Crippen molar-refractivity contribution in [2.75, 3.05) is 0 Å². The van der Waals surface area contributed by atoms with Crippen LogP contribution in [-0.2, 0) is 0 Å². The van der Waals surface area contributed by atoms with E-state index in [0.29, 0.717) is 0 Å². The van der Waals surface area contributed by atoms with Gasteiger partial charge < -0.3 is 10.8 Å². The first-order chi connectivity index (χ1) is 3.80. The van der Waals surface area contributed by atoms with Crippen molar-refractivity contribution in [3.63, 3.8) is 0 Å². The summed E-state index contributed by atoms with van der Waals surface area (Å²) in [7, 11) is 0. The van der Waals surface area contributed by atoms with Crippen LogP contribution < -0.4 is 5.73 Å². The van der Waals surface area contributed by atoms with Gasteiger partial charge in [-0.1, -0.05) is 12.2 Å². The minimum absolute atomic E-state index is 0. The third kappa shape index (κ3) is 2.35. The Bertz CT molecular complexity index is 105. The molecule has 3 N–H and O–H groups in total. The lowest BCUT2D eigenvalue weighted by Crippen LogP contribution is -2.34. The Morgan fingerprint density at radius 3 is 2.56 bits per heavy atom. The molecule has 54 valence electrons. The number of allylic oxidation sites excluding steroid dienone is 1. The molecule has 0 aliphatic heterocycles. The van der Waals surface area contributed by atoms with Gasteiger partial charge in [0.15, 0.2) is 0 Å². The summed E-state index contributed by atoms with van der Waals surface area (Å²) in [4.78, 5) is 0. The average Bonchev–Trinajstić information content (AvgIpc) is 1.77. The molecule has 2 atom stereocenters. The fraction of sp³-hybridized carbons (Fsp3) is 0.667. The van der Waals surface area contributed by atoms with E-state index in [9.17, 15) is 0 Å². The fourth-order valence-electron chi connectivity index (χ4n) is 0.838. The van der Waals surface area contributed by atoms with E-state index in [0.717, 1.165) is 12.8 Å². The first-order valence-electron chi connectivity index (χ1n) is 2.91. The first-order valence-corrected chi connectivity index (χ1v) is 2.91. The van der Waals surface area contributed by atoms with Crippen LogP contribution in [0.25, 0.3) is 0 Å². The molecule has 0 aromatic rings. The minimum Gasteiger partial charge on any atom is -0.387 e. The number of rotatable bonds is 0. The molecule has 0 bridgehead atoms. The molecule has 0 saturated heterocycles. The van der Waals surface area contributed by atoms with Crippen molar-refractivity contribution in [1.29, 1.82) is 0 Å². The van der Waals surface area contributed by atoms with Crippen LogP contribution in [-0.4, -0.2) is 17.3 Å². The van der Waals surface area contributed by atoms with E-state index in [-0.39, 0.29) is 18.4 Å². The molecule has 3 heteroatoms. The van der Waals surface area contributed by atoms with Gasteiger partial charge in [0.1, 0.15) is 0 Å². The van der Waals surface area contributed by atoms with Crippen molar-refractivity contribution in [1.82, 2.24) is 0 Å². The standard InChI is InChI=1S/C6H11NO.ClH/c7-5-3-1-2-4-6(5)8;/h2,4-6,8H,1,3,7H2;1H/t5-,6+;/m1./s1. The molecule has 9 heavy (non-hydrogen) atoms. The quantitative estimate of drug-likeness (QED) is 0.492. The van der Waals surface area contributed by atoms with Crippen LogP contribution >= 0.6 is 12.4 Å². The summed E-state index contributed by atoms with van der Waals surface area (Å²) in [5.41, 5.74) is 5.48. The SMILES string of the molecule is Cl.N[C@@H]1CCC=C[C@@H]1O. The molecule has 2 nitrogen and oxygen atoms in total. The normalized spacial score (nSPS) is 33.6. The average molecular weight is 150 g/mol. The number of hydrogen-bond acceptors (Lipinski definition) is 2. The number of halogens is 1. The molecule has 0 unspecified atom stereocenters. The van der Waals surface area contributed by atoms with Crippen LogP contribution in [0.2, 0.25) is 0 Å². The minimum atomic E-state index is -0.399. The number of nitrogens with two attached hydrogens (primary N) is 1. The van der Waals surface area contributed by atoms with Crippen molar-refractivity contribution in [2.45, 2.75) is 25.0 Å². The van der Waals surface area contributed by atoms with Crippen LogP contribution in [0.15, 0.2) is 12.2 Å². The lowest BCUT2D eigenvalue weighted by molar-refractivity contribution is 0.181. The van der Waals surface area contributed by atoms with E-state index in [4.69, 9.17) is 10.8 Å². The van der Waals surface area contributed by atoms with Crippen LogP contribution in [0.5, 0.6) is 0 Å². The fourth-order valence-corrected chi connectivity index (χ4v) is 0.838. The van der Waals surface area contributed by atoms with E-state index >= 15 is 0 Å². The van der Waals surface area contributed by atoms with E-state index < -0.39 is 6.10 Å². The van der Waals surface area contributed by atoms with Crippen molar-refractivity contribution in [3.05, 3.63) is 12.2 Å². The Labute approximate surface area is 61.2 Å². The third-order valence-electron chi connectivity index (χ3n) is 1.44. The summed E-state index contributed by atoms with van der Waals surface area (Å²) >= 11 is 0. The molecule has 1 rings (SSSR count). The highest BCUT2D eigenvalue weighted by Gasteiger charge is 2.12. The van der Waals surface area contributed by atoms with Gasteiger partial charge in [0.25, 0.3) is 0 Å². The lowest BCUT2D eigenvalue weighted by atomic mass is 10.0. The van der Waals surface area contributed by atoms with Crippen molar-refractivity contribution in [2.24, 2.45) is 5.73 Å². The maximum Gasteiger partial charge on any atom is 0.0871 e. The molecule has 0 saturated carbocycles. The summed E-state index contributed by atoms with van der Waals surface area (Å²) in [6.07, 6.45) is 5.25. The number of aliphatic hydroxyl groups is 1. The van der Waals surface area contributed by atoms with Gasteiger partial charge in [-0.25, -0.2) is 0 Å². The highest BCUT2D eigenvalue weighted by molar-refractivity contribution is 5.85. The van der Waals surface area contributed by atoms with Gasteiger partial charge in [0.2, 0.25) is 0 Å². The topological polar surface area (TPSA) is 46.2 Å². The molecule has 0 aromatic heterocycles. The van der Waals surface area contributed by atoms with Crippen molar-refractivity contribution < 1.29 is 5.11 Å². The summed E-state index contributed by atoms with van der Waals surface area (Å²) < 4.78 is 0. The Morgan fingerprint density at radius 2 is 2.22 bits per heavy atom. The summed E-state index contributed by atoms with van der Waals surface area (Å²) in [6.45, 7) is 0. The van der Waals surface area contributed by atoms with Gasteiger partial charge in [-0.3, -0.25) is 0 Å². The molecule has 0 spiro atoms. The zero-order chi connectivity index (χ0) is 5.98. The van der Waals surface area contributed by atoms with Crippen LogP contribution in [0.4, 0.5) is 0 Å². The van der Waals surface area contributed by atoms with E-state index in [1.165, 1.54) is 0 Å². The highest BCUT2D eigenvalue weighted by Crippen LogP contribution is 2.08. The van der Waals surface area contributed by atoms with Crippen LogP contribution in [0, 0.1) is 0 Å². The molecular formula is C6H12ClNO. The predicted octanol–water partition coefficient (Wildman–Crippen LogP) is 0.446. The lowest BCUT2D eigenvalue weighted by Gasteiger charge is -2.17. The highest BCUT2D eigenvalue weighted by atomic mass is 35.5. The second kappa shape index (κ2) is 3.88. The zero-order valence-electron chi connectivity index (χ0n) is 5.16. The number of aliphatic hydroxyl groups excluding tert-OH is 1. The van der Waals surface area contributed by atoms with E-state index in [2.05, 4.69) is 0 Å². The van der Waals surface area contributed by atoms with Crippen molar-refractivity contribution >= 4 is 12.4 Å². The summed E-state index contributed by atoms with van der Waals surface area (Å²) in [6, 6.07) is -0.0278. The molecule has 1 aliphatic carbocycles. The first kappa shape index (κ1) is 8.95. The monoisotopic (exact) mass is 149 g/mol. The Balaban J connectivity index is 0.000000640. The Hall–Kier alpha value is -0.0500. The third-order valence-corrected chi connectivity index (χ3v) is 1.44. The second-order valence-electron chi connectivity index (χ2n) is 2.16. The zero-order valence-corrected chi connectivity index (χ0v) is 5.97. The van der Waals surface area contributed by atoms with Crippen LogP contribution in [0.1, 0.15) is 12.8 Å². The van der Waals surface area contributed by atoms with E-state index in [1.807, 2.05) is 6.08 Å². The van der Waals surface area contributed by atoms with Crippen LogP contribution in [0.3, 0.4) is 0 Å². The smallest absolute Gasteiger partial charge is 0.0871 e. The maximum absolute atomic E-state index is 8.97. The van der Waals surface area contributed by atoms with E-state index in [1.54, 1.807) is 6.08 Å². The molecule has 0 aromatic carbocycles. The number of hydrogen-bond donors (Lipinski definition) is 2.